The summed E-state index contributed by atoms with van der Waals surface area (Å²) in [7, 11) is -16.5. The van der Waals surface area contributed by atoms with Gasteiger partial charge in [0.05, 0.1) is 12.7 Å². The van der Waals surface area contributed by atoms with Crippen LogP contribution in [0.3, 0.4) is 0 Å². The minimum atomic E-state index is -5.64. The molecule has 2 heterocycles. The minimum Gasteiger partial charge on any atom is -0.390 e. The Labute approximate surface area is 179 Å². The Morgan fingerprint density at radius 2 is 1.77 bits per heavy atom. The summed E-state index contributed by atoms with van der Waals surface area (Å²) in [5.74, 6) is -0.560. The van der Waals surface area contributed by atoms with Gasteiger partial charge in [0, 0.05) is 17.7 Å². The molecule has 19 heteroatoms. The first-order valence-electron chi connectivity index (χ1n) is 7.95. The summed E-state index contributed by atoms with van der Waals surface area (Å²) in [6, 6.07) is 0. The van der Waals surface area contributed by atoms with Crippen molar-refractivity contribution in [1.29, 1.82) is 0 Å². The van der Waals surface area contributed by atoms with E-state index < -0.39 is 54.4 Å². The highest BCUT2D eigenvalue weighted by Gasteiger charge is 2.45. The summed E-state index contributed by atoms with van der Waals surface area (Å²) in [5.41, 5.74) is 0.681. The highest BCUT2D eigenvalue weighted by Crippen LogP contribution is 2.66. The van der Waals surface area contributed by atoms with Crippen LogP contribution in [0.25, 0.3) is 0 Å². The Kier molecular flexibility index (Phi) is 8.16. The molecule has 14 nitrogen and oxygen atoms in total. The second-order valence-electron chi connectivity index (χ2n) is 6.28. The average molecular weight is 528 g/mol. The maximum absolute atomic E-state index is 11.8. The molecule has 1 aliphatic heterocycles. The third kappa shape index (κ3) is 6.92. The second kappa shape index (κ2) is 9.38. The molecule has 172 valence electrons. The Hall–Kier alpha value is -0.150. The van der Waals surface area contributed by atoms with E-state index in [-0.39, 0.29) is 4.77 Å². The highest BCUT2D eigenvalue weighted by atomic mass is 32.1. The van der Waals surface area contributed by atoms with E-state index in [1.54, 1.807) is 20.0 Å². The summed E-state index contributed by atoms with van der Waals surface area (Å²) in [6.45, 7) is 2.58. The molecule has 1 aromatic heterocycles. The first kappa shape index (κ1) is 26.1. The third-order valence-corrected chi connectivity index (χ3v) is 8.46. The molecule has 1 aromatic rings. The maximum atomic E-state index is 11.8. The zero-order chi connectivity index (χ0) is 23.1. The van der Waals surface area contributed by atoms with Crippen LogP contribution in [0.1, 0.15) is 18.7 Å². The van der Waals surface area contributed by atoms with Crippen LogP contribution in [0.15, 0.2) is 6.20 Å². The molecule has 0 aliphatic carbocycles. The number of H-pyrrole nitrogens is 1. The molecule has 2 rings (SSSR count). The smallest absolute Gasteiger partial charge is 0.390 e. The molecule has 6 N–H and O–H groups in total. The number of hydrogen-bond donors (Lipinski definition) is 6. The quantitative estimate of drug-likeness (QED) is 0.210. The van der Waals surface area contributed by atoms with Crippen LogP contribution in [0.5, 0.6) is 0 Å². The van der Waals surface area contributed by atoms with Gasteiger partial charge in [0.15, 0.2) is 4.77 Å². The Bertz CT molecular complexity index is 1050. The summed E-state index contributed by atoms with van der Waals surface area (Å²) < 4.78 is 53.3. The fourth-order valence-corrected chi connectivity index (χ4v) is 6.10. The number of aromatic nitrogens is 2. The van der Waals surface area contributed by atoms with Gasteiger partial charge >= 0.3 is 23.5 Å². The molecule has 0 bridgehead atoms. The highest BCUT2D eigenvalue weighted by molar-refractivity contribution is 7.72. The van der Waals surface area contributed by atoms with E-state index in [2.05, 4.69) is 18.1 Å². The molecule has 1 saturated heterocycles. The molecule has 3 unspecified atom stereocenters. The fraction of sp³-hybridized carbons (Fsp3) is 0.636. The first-order chi connectivity index (χ1) is 13.5. The molecule has 0 radical (unpaired) electrons. The van der Waals surface area contributed by atoms with E-state index in [9.17, 15) is 23.7 Å². The van der Waals surface area contributed by atoms with Gasteiger partial charge in [0.1, 0.15) is 17.0 Å². The topological polar surface area (TPSA) is 210 Å². The SMILES string of the molecule is Cc1cn([C@H]2O[C@@H](COP(=O)(O)OP(=O)(O)OP(=O)(O)O)[C@@H](O)C2C)c(=S)[nH]c1=S. The summed E-state index contributed by atoms with van der Waals surface area (Å²) in [4.78, 5) is 38.5. The average Bonchev–Trinajstić information content (AvgIpc) is 2.81. The van der Waals surface area contributed by atoms with Crippen molar-refractivity contribution in [1.82, 2.24) is 9.55 Å². The van der Waals surface area contributed by atoms with E-state index >= 15 is 0 Å². The largest absolute Gasteiger partial charge is 0.490 e. The molecule has 0 spiro atoms. The van der Waals surface area contributed by atoms with Gasteiger partial charge in [-0.1, -0.05) is 19.1 Å². The summed E-state index contributed by atoms with van der Waals surface area (Å²) in [5, 5.41) is 10.4. The van der Waals surface area contributed by atoms with Gasteiger partial charge < -0.3 is 34.4 Å². The van der Waals surface area contributed by atoms with Crippen molar-refractivity contribution in [2.75, 3.05) is 6.61 Å². The number of phosphoric ester groups is 1. The van der Waals surface area contributed by atoms with Crippen molar-refractivity contribution in [3.63, 3.8) is 0 Å². The van der Waals surface area contributed by atoms with Crippen molar-refractivity contribution in [2.24, 2.45) is 5.92 Å². The van der Waals surface area contributed by atoms with Gasteiger partial charge in [0.25, 0.3) is 0 Å². The van der Waals surface area contributed by atoms with E-state index in [4.69, 9.17) is 43.9 Å². The first-order valence-corrected chi connectivity index (χ1v) is 13.3. The Morgan fingerprint density at radius 3 is 2.33 bits per heavy atom. The van der Waals surface area contributed by atoms with Crippen LogP contribution in [0.2, 0.25) is 0 Å². The molecule has 0 saturated carbocycles. The number of phosphoric acid groups is 3. The van der Waals surface area contributed by atoms with Crippen molar-refractivity contribution in [2.45, 2.75) is 32.3 Å². The zero-order valence-electron chi connectivity index (χ0n) is 15.3. The summed E-state index contributed by atoms with van der Waals surface area (Å²) >= 11 is 10.3. The third-order valence-electron chi connectivity index (χ3n) is 3.92. The monoisotopic (exact) mass is 528 g/mol. The lowest BCUT2D eigenvalue weighted by molar-refractivity contribution is -0.0461. The van der Waals surface area contributed by atoms with Crippen molar-refractivity contribution < 1.29 is 56.3 Å². The molecular formula is C11H19N2O12P3S2. The molecule has 6 atom stereocenters. The number of aryl methyl sites for hydroxylation is 1. The van der Waals surface area contributed by atoms with E-state index in [0.29, 0.717) is 10.2 Å². The van der Waals surface area contributed by atoms with Gasteiger partial charge in [0.2, 0.25) is 0 Å². The van der Waals surface area contributed by atoms with Crippen molar-refractivity contribution in [3.05, 3.63) is 21.2 Å². The van der Waals surface area contributed by atoms with Crippen LogP contribution in [0.4, 0.5) is 0 Å². The second-order valence-corrected chi connectivity index (χ2v) is 11.5. The molecule has 30 heavy (non-hydrogen) atoms. The Morgan fingerprint density at radius 1 is 1.17 bits per heavy atom. The number of hydrogen-bond acceptors (Lipinski definition) is 10. The zero-order valence-corrected chi connectivity index (χ0v) is 19.6. The summed E-state index contributed by atoms with van der Waals surface area (Å²) in [6.07, 6.45) is -1.57. The van der Waals surface area contributed by atoms with Crippen LogP contribution in [-0.4, -0.2) is 53.0 Å². The van der Waals surface area contributed by atoms with Gasteiger partial charge in [-0.25, -0.2) is 13.7 Å². The fourth-order valence-electron chi connectivity index (χ4n) is 2.59. The van der Waals surface area contributed by atoms with Crippen LogP contribution in [-0.2, 0) is 31.6 Å². The number of ether oxygens (including phenoxy) is 1. The maximum Gasteiger partial charge on any atom is 0.490 e. The lowest BCUT2D eigenvalue weighted by atomic mass is 10.0. The van der Waals surface area contributed by atoms with Crippen LogP contribution < -0.4 is 0 Å². The van der Waals surface area contributed by atoms with Gasteiger partial charge in [-0.05, 0) is 19.1 Å². The van der Waals surface area contributed by atoms with Crippen LogP contribution in [0, 0.1) is 22.3 Å². The van der Waals surface area contributed by atoms with Gasteiger partial charge in [-0.3, -0.25) is 9.09 Å². The molecule has 1 fully saturated rings. The van der Waals surface area contributed by atoms with Crippen LogP contribution >= 0.6 is 47.9 Å². The predicted octanol–water partition coefficient (Wildman–Crippen LogP) is 1.82. The van der Waals surface area contributed by atoms with Gasteiger partial charge in [-0.2, -0.15) is 8.62 Å². The van der Waals surface area contributed by atoms with E-state index in [0.717, 1.165) is 0 Å². The number of aromatic amines is 1. The van der Waals surface area contributed by atoms with Crippen molar-refractivity contribution in [3.8, 4) is 0 Å². The number of nitrogens with zero attached hydrogens (tertiary/aromatic N) is 1. The number of aliphatic hydroxyl groups is 1. The Balaban J connectivity index is 2.09. The lowest BCUT2D eigenvalue weighted by Gasteiger charge is -2.20. The molecule has 0 amide bonds. The number of aliphatic hydroxyl groups excluding tert-OH is 1. The normalized spacial score (nSPS) is 28.8. The van der Waals surface area contributed by atoms with Crippen molar-refractivity contribution >= 4 is 47.9 Å². The lowest BCUT2D eigenvalue weighted by Crippen LogP contribution is -2.29. The van der Waals surface area contributed by atoms with E-state index in [1.807, 2.05) is 0 Å². The molecule has 1 aliphatic rings. The van der Waals surface area contributed by atoms with Gasteiger partial charge in [-0.15, -0.1) is 0 Å². The number of nitrogens with one attached hydrogen (secondary N) is 1. The minimum absolute atomic E-state index is 0.211. The van der Waals surface area contributed by atoms with E-state index in [1.165, 1.54) is 4.57 Å². The predicted molar refractivity (Wildman–Crippen MR) is 104 cm³/mol. The molecular weight excluding hydrogens is 509 g/mol. The standard InChI is InChI=1S/C11H19N2O12P3S2/c1-5-3-13(11(30)12-9(5)29)10-6(2)8(14)7(23-10)4-22-27(18,19)25-28(20,21)24-26(15,16)17/h3,6-8,10,14H,4H2,1-2H3,(H,18,19)(H,20,21)(H,12,29,30)(H2,15,16,17)/t6?,7-,8-,10-/m0/s1. The number of rotatable bonds is 8. The molecule has 0 aromatic carbocycles.